The summed E-state index contributed by atoms with van der Waals surface area (Å²) in [6.45, 7) is 1.84. The molecule has 0 N–H and O–H groups in total. The van der Waals surface area contributed by atoms with Crippen molar-refractivity contribution in [2.75, 3.05) is 7.11 Å². The van der Waals surface area contributed by atoms with Gasteiger partial charge >= 0.3 is 5.97 Å². The van der Waals surface area contributed by atoms with Gasteiger partial charge in [0, 0.05) is 18.0 Å². The van der Waals surface area contributed by atoms with Crippen molar-refractivity contribution >= 4 is 5.97 Å². The largest absolute Gasteiger partial charge is 0.465 e. The van der Waals surface area contributed by atoms with Crippen LogP contribution in [-0.4, -0.2) is 23.0 Å². The summed E-state index contributed by atoms with van der Waals surface area (Å²) in [5.41, 5.74) is 2.42. The third kappa shape index (κ3) is 2.47. The summed E-state index contributed by atoms with van der Waals surface area (Å²) in [5, 5.41) is 0. The van der Waals surface area contributed by atoms with E-state index in [1.165, 1.54) is 7.11 Å². The van der Waals surface area contributed by atoms with E-state index in [0.717, 1.165) is 17.0 Å². The number of ether oxygens (including phenoxy) is 1. The van der Waals surface area contributed by atoms with E-state index in [9.17, 15) is 4.79 Å². The molecule has 0 aliphatic rings. The van der Waals surface area contributed by atoms with E-state index in [4.69, 9.17) is 0 Å². The first-order valence-electron chi connectivity index (χ1n) is 5.18. The first-order chi connectivity index (χ1) is 8.20. The molecule has 0 bridgehead atoms. The molecule has 0 atom stereocenters. The molecule has 1 aromatic heterocycles. The zero-order chi connectivity index (χ0) is 12.3. The topological polar surface area (TPSA) is 52.1 Å². The first kappa shape index (κ1) is 11.3. The normalized spacial score (nSPS) is 10.0. The molecule has 0 fully saturated rings. The third-order valence-electron chi connectivity index (χ3n) is 2.42. The molecule has 0 aliphatic carbocycles. The number of benzene rings is 1. The van der Waals surface area contributed by atoms with Crippen LogP contribution in [0.1, 0.15) is 16.2 Å². The second-order valence-electron chi connectivity index (χ2n) is 3.59. The number of nitrogens with zero attached hydrogens (tertiary/aromatic N) is 2. The fraction of sp³-hybridized carbons (Fsp3) is 0.154. The lowest BCUT2D eigenvalue weighted by Gasteiger charge is -2.03. The molecule has 4 heteroatoms. The Labute approximate surface area is 99.3 Å². The van der Waals surface area contributed by atoms with Gasteiger partial charge in [0.1, 0.15) is 5.82 Å². The van der Waals surface area contributed by atoms with Crippen molar-refractivity contribution in [1.82, 2.24) is 9.97 Å². The summed E-state index contributed by atoms with van der Waals surface area (Å²) < 4.78 is 4.63. The molecular weight excluding hydrogens is 216 g/mol. The van der Waals surface area contributed by atoms with Crippen LogP contribution < -0.4 is 0 Å². The number of aryl methyl sites for hydroxylation is 1. The van der Waals surface area contributed by atoms with Gasteiger partial charge in [0.2, 0.25) is 0 Å². The quantitative estimate of drug-likeness (QED) is 0.740. The second kappa shape index (κ2) is 4.74. The highest BCUT2D eigenvalue weighted by Gasteiger charge is 2.05. The maximum absolute atomic E-state index is 11.3. The zero-order valence-corrected chi connectivity index (χ0v) is 9.68. The van der Waals surface area contributed by atoms with Crippen LogP contribution in [0.3, 0.4) is 0 Å². The summed E-state index contributed by atoms with van der Waals surface area (Å²) in [5.74, 6) is 0.400. The molecule has 2 aromatic rings. The number of esters is 1. The Bertz CT molecular complexity index is 518. The van der Waals surface area contributed by atoms with Gasteiger partial charge in [-0.05, 0) is 24.6 Å². The monoisotopic (exact) mass is 228 g/mol. The third-order valence-corrected chi connectivity index (χ3v) is 2.42. The van der Waals surface area contributed by atoms with Gasteiger partial charge in [-0.15, -0.1) is 0 Å². The van der Waals surface area contributed by atoms with E-state index in [0.29, 0.717) is 5.56 Å². The van der Waals surface area contributed by atoms with E-state index in [-0.39, 0.29) is 5.97 Å². The number of methoxy groups -OCH3 is 1. The minimum absolute atomic E-state index is 0.336. The number of carbonyl (C=O) groups is 1. The van der Waals surface area contributed by atoms with Gasteiger partial charge in [-0.3, -0.25) is 0 Å². The Morgan fingerprint density at radius 3 is 2.18 bits per heavy atom. The standard InChI is InChI=1S/C13H12N2O2/c1-9-14-7-12(8-15-9)10-3-5-11(6-4-10)13(16)17-2/h3-8H,1-2H3. The van der Waals surface area contributed by atoms with Crippen molar-refractivity contribution in [1.29, 1.82) is 0 Å². The van der Waals surface area contributed by atoms with Crippen LogP contribution in [0, 0.1) is 6.92 Å². The molecule has 0 spiro atoms. The van der Waals surface area contributed by atoms with Crippen molar-refractivity contribution in [2.45, 2.75) is 6.92 Å². The molecule has 4 nitrogen and oxygen atoms in total. The summed E-state index contributed by atoms with van der Waals surface area (Å²) in [6, 6.07) is 7.14. The maximum Gasteiger partial charge on any atom is 0.337 e. The van der Waals surface area contributed by atoms with Crippen LogP contribution in [0.4, 0.5) is 0 Å². The smallest absolute Gasteiger partial charge is 0.337 e. The molecule has 0 amide bonds. The molecule has 1 heterocycles. The maximum atomic E-state index is 11.3. The molecular formula is C13H12N2O2. The summed E-state index contributed by atoms with van der Waals surface area (Å²) in [7, 11) is 1.37. The lowest BCUT2D eigenvalue weighted by molar-refractivity contribution is 0.0601. The number of carbonyl (C=O) groups excluding carboxylic acids is 1. The molecule has 86 valence electrons. The fourth-order valence-corrected chi connectivity index (χ4v) is 1.46. The van der Waals surface area contributed by atoms with Crippen LogP contribution in [0.5, 0.6) is 0 Å². The van der Waals surface area contributed by atoms with Gasteiger partial charge in [-0.1, -0.05) is 12.1 Å². The highest BCUT2D eigenvalue weighted by atomic mass is 16.5. The first-order valence-corrected chi connectivity index (χ1v) is 5.18. The van der Waals surface area contributed by atoms with Crippen molar-refractivity contribution in [3.8, 4) is 11.1 Å². The molecule has 1 aromatic carbocycles. The SMILES string of the molecule is COC(=O)c1ccc(-c2cnc(C)nc2)cc1. The van der Waals surface area contributed by atoms with Crippen LogP contribution in [0.2, 0.25) is 0 Å². The zero-order valence-electron chi connectivity index (χ0n) is 9.68. The van der Waals surface area contributed by atoms with E-state index in [2.05, 4.69) is 14.7 Å². The highest BCUT2D eigenvalue weighted by Crippen LogP contribution is 2.18. The highest BCUT2D eigenvalue weighted by molar-refractivity contribution is 5.89. The van der Waals surface area contributed by atoms with Gasteiger partial charge in [0.25, 0.3) is 0 Å². The molecule has 0 saturated heterocycles. The summed E-state index contributed by atoms with van der Waals surface area (Å²) >= 11 is 0. The van der Waals surface area contributed by atoms with Crippen LogP contribution >= 0.6 is 0 Å². The van der Waals surface area contributed by atoms with Gasteiger partial charge in [0.05, 0.1) is 12.7 Å². The van der Waals surface area contributed by atoms with Crippen molar-refractivity contribution in [3.05, 3.63) is 48.0 Å². The average Bonchev–Trinajstić information content (AvgIpc) is 2.39. The molecule has 0 unspecified atom stereocenters. The van der Waals surface area contributed by atoms with E-state index in [1.807, 2.05) is 19.1 Å². The van der Waals surface area contributed by atoms with Gasteiger partial charge < -0.3 is 4.74 Å². The van der Waals surface area contributed by atoms with Crippen molar-refractivity contribution in [3.63, 3.8) is 0 Å². The minimum atomic E-state index is -0.336. The number of aromatic nitrogens is 2. The molecule has 2 rings (SSSR count). The predicted molar refractivity (Wildman–Crippen MR) is 63.5 cm³/mol. The average molecular weight is 228 g/mol. The van der Waals surface area contributed by atoms with Gasteiger partial charge in [-0.2, -0.15) is 0 Å². The van der Waals surface area contributed by atoms with Crippen LogP contribution in [0.25, 0.3) is 11.1 Å². The minimum Gasteiger partial charge on any atom is -0.465 e. The van der Waals surface area contributed by atoms with Gasteiger partial charge in [-0.25, -0.2) is 14.8 Å². The molecule has 17 heavy (non-hydrogen) atoms. The Morgan fingerprint density at radius 1 is 1.06 bits per heavy atom. The lowest BCUT2D eigenvalue weighted by Crippen LogP contribution is -2.00. The van der Waals surface area contributed by atoms with Crippen LogP contribution in [-0.2, 0) is 4.74 Å². The van der Waals surface area contributed by atoms with Crippen LogP contribution in [0.15, 0.2) is 36.7 Å². The lowest BCUT2D eigenvalue weighted by atomic mass is 10.1. The fourth-order valence-electron chi connectivity index (χ4n) is 1.46. The van der Waals surface area contributed by atoms with Crippen molar-refractivity contribution in [2.24, 2.45) is 0 Å². The summed E-state index contributed by atoms with van der Waals surface area (Å²) in [4.78, 5) is 19.5. The Kier molecular flexibility index (Phi) is 3.14. The van der Waals surface area contributed by atoms with Gasteiger partial charge in [0.15, 0.2) is 0 Å². The van der Waals surface area contributed by atoms with E-state index < -0.39 is 0 Å². The van der Waals surface area contributed by atoms with E-state index >= 15 is 0 Å². The predicted octanol–water partition coefficient (Wildman–Crippen LogP) is 2.24. The Hall–Kier alpha value is -2.23. The molecule has 0 radical (unpaired) electrons. The molecule has 0 saturated carbocycles. The number of rotatable bonds is 2. The summed E-state index contributed by atoms with van der Waals surface area (Å²) in [6.07, 6.45) is 3.52. The Balaban J connectivity index is 2.29. The molecule has 0 aliphatic heterocycles. The van der Waals surface area contributed by atoms with E-state index in [1.54, 1.807) is 24.5 Å². The Morgan fingerprint density at radius 2 is 1.65 bits per heavy atom. The number of hydrogen-bond donors (Lipinski definition) is 0. The number of hydrogen-bond acceptors (Lipinski definition) is 4. The second-order valence-corrected chi connectivity index (χ2v) is 3.59. The van der Waals surface area contributed by atoms with Crippen molar-refractivity contribution < 1.29 is 9.53 Å².